The number of halogens is 1. The zero-order chi connectivity index (χ0) is 13.3. The van der Waals surface area contributed by atoms with Crippen LogP contribution >= 0.6 is 0 Å². The lowest BCUT2D eigenvalue weighted by Gasteiger charge is -2.33. The molecule has 1 aliphatic heterocycles. The molecule has 0 aliphatic carbocycles. The second-order valence-corrected chi connectivity index (χ2v) is 3.81. The van der Waals surface area contributed by atoms with E-state index in [1.54, 1.807) is 10.7 Å². The molecule has 2 heterocycles. The fraction of sp³-hybridized carbons (Fsp3) is 0.364. The molecule has 1 aliphatic rings. The number of fused-ring (bicyclic) bond motifs is 1. The van der Waals surface area contributed by atoms with Gasteiger partial charge in [-0.3, -0.25) is 9.48 Å². The van der Waals surface area contributed by atoms with Crippen molar-refractivity contribution in [1.29, 1.82) is 0 Å². The summed E-state index contributed by atoms with van der Waals surface area (Å²) in [5.41, 5.74) is 0.503. The van der Waals surface area contributed by atoms with E-state index in [1.807, 2.05) is 0 Å². The molecular formula is C11H12FN3O3. The number of carbonyl (C=O) groups is 2. The molecule has 1 amide bonds. The van der Waals surface area contributed by atoms with E-state index in [-0.39, 0.29) is 6.54 Å². The SMILES string of the molecule is C=C(F)C(=O)N1CCn2nccc2C1C(=O)OC. The third-order valence-electron chi connectivity index (χ3n) is 2.81. The molecule has 2 rings (SSSR count). The van der Waals surface area contributed by atoms with Gasteiger partial charge in [-0.25, -0.2) is 9.18 Å². The number of esters is 1. The first-order valence-electron chi connectivity index (χ1n) is 5.31. The lowest BCUT2D eigenvalue weighted by molar-refractivity contribution is -0.154. The second-order valence-electron chi connectivity index (χ2n) is 3.81. The highest BCUT2D eigenvalue weighted by Gasteiger charge is 2.38. The number of amides is 1. The van der Waals surface area contributed by atoms with E-state index in [0.717, 1.165) is 4.90 Å². The second kappa shape index (κ2) is 4.59. The molecule has 0 spiro atoms. The van der Waals surface area contributed by atoms with Gasteiger partial charge in [0.2, 0.25) is 0 Å². The normalized spacial score (nSPS) is 18.1. The number of methoxy groups -OCH3 is 1. The molecule has 1 unspecified atom stereocenters. The van der Waals surface area contributed by atoms with Crippen molar-refractivity contribution in [3.05, 3.63) is 30.4 Å². The van der Waals surface area contributed by atoms with Crippen LogP contribution in [0.1, 0.15) is 11.7 Å². The fourth-order valence-corrected chi connectivity index (χ4v) is 1.99. The maximum absolute atomic E-state index is 13.0. The van der Waals surface area contributed by atoms with Gasteiger partial charge in [-0.05, 0) is 6.07 Å². The van der Waals surface area contributed by atoms with Crippen LogP contribution < -0.4 is 0 Å². The van der Waals surface area contributed by atoms with Crippen molar-refractivity contribution in [2.45, 2.75) is 12.6 Å². The summed E-state index contributed by atoms with van der Waals surface area (Å²) < 4.78 is 19.2. The van der Waals surface area contributed by atoms with Gasteiger partial charge in [-0.2, -0.15) is 5.10 Å². The third kappa shape index (κ3) is 1.87. The van der Waals surface area contributed by atoms with Gasteiger partial charge in [0.15, 0.2) is 11.9 Å². The van der Waals surface area contributed by atoms with Crippen LogP contribution in [0.2, 0.25) is 0 Å². The van der Waals surface area contributed by atoms with Gasteiger partial charge in [-0.15, -0.1) is 0 Å². The Kier molecular flexibility index (Phi) is 3.14. The summed E-state index contributed by atoms with van der Waals surface area (Å²) in [4.78, 5) is 24.5. The van der Waals surface area contributed by atoms with Gasteiger partial charge >= 0.3 is 5.97 Å². The molecule has 1 aromatic rings. The Morgan fingerprint density at radius 3 is 2.89 bits per heavy atom. The summed E-state index contributed by atoms with van der Waals surface area (Å²) in [6, 6.07) is 0.619. The number of nitrogens with zero attached hydrogens (tertiary/aromatic N) is 3. The molecule has 7 heteroatoms. The van der Waals surface area contributed by atoms with Crippen molar-refractivity contribution in [2.75, 3.05) is 13.7 Å². The highest BCUT2D eigenvalue weighted by molar-refractivity contribution is 5.94. The molecule has 0 radical (unpaired) electrons. The zero-order valence-corrected chi connectivity index (χ0v) is 9.80. The zero-order valence-electron chi connectivity index (χ0n) is 9.80. The van der Waals surface area contributed by atoms with Crippen LogP contribution in [-0.4, -0.2) is 40.2 Å². The minimum absolute atomic E-state index is 0.177. The predicted molar refractivity (Wildman–Crippen MR) is 58.9 cm³/mol. The summed E-state index contributed by atoms with van der Waals surface area (Å²) in [7, 11) is 1.21. The first kappa shape index (κ1) is 12.3. The van der Waals surface area contributed by atoms with Crippen LogP contribution in [-0.2, 0) is 20.9 Å². The average molecular weight is 253 g/mol. The smallest absolute Gasteiger partial charge is 0.334 e. The highest BCUT2D eigenvalue weighted by Crippen LogP contribution is 2.27. The van der Waals surface area contributed by atoms with Crippen molar-refractivity contribution < 1.29 is 18.7 Å². The Hall–Kier alpha value is -2.18. The van der Waals surface area contributed by atoms with Gasteiger partial charge in [0.25, 0.3) is 5.91 Å². The van der Waals surface area contributed by atoms with Crippen molar-refractivity contribution in [2.24, 2.45) is 0 Å². The molecule has 96 valence electrons. The Bertz CT molecular complexity index is 511. The summed E-state index contributed by atoms with van der Waals surface area (Å²) >= 11 is 0. The molecule has 18 heavy (non-hydrogen) atoms. The first-order chi connectivity index (χ1) is 8.56. The molecule has 1 aromatic heterocycles. The summed E-state index contributed by atoms with van der Waals surface area (Å²) in [6.07, 6.45) is 1.52. The van der Waals surface area contributed by atoms with E-state index in [1.165, 1.54) is 13.3 Å². The van der Waals surface area contributed by atoms with E-state index >= 15 is 0 Å². The lowest BCUT2D eigenvalue weighted by Crippen LogP contribution is -2.46. The van der Waals surface area contributed by atoms with Crippen molar-refractivity contribution >= 4 is 11.9 Å². The van der Waals surface area contributed by atoms with Gasteiger partial charge in [0.05, 0.1) is 19.3 Å². The maximum Gasteiger partial charge on any atom is 0.334 e. The van der Waals surface area contributed by atoms with Crippen LogP contribution in [0.5, 0.6) is 0 Å². The van der Waals surface area contributed by atoms with Crippen molar-refractivity contribution in [3.8, 4) is 0 Å². The number of hydrogen-bond donors (Lipinski definition) is 0. The van der Waals surface area contributed by atoms with E-state index in [9.17, 15) is 14.0 Å². The average Bonchev–Trinajstić information content (AvgIpc) is 2.83. The molecular weight excluding hydrogens is 241 g/mol. The monoisotopic (exact) mass is 253 g/mol. The summed E-state index contributed by atoms with van der Waals surface area (Å²) in [6.45, 7) is 3.54. The molecule has 0 bridgehead atoms. The van der Waals surface area contributed by atoms with E-state index in [4.69, 9.17) is 0 Å². The Labute approximate surface area is 103 Å². The van der Waals surface area contributed by atoms with Crippen molar-refractivity contribution in [3.63, 3.8) is 0 Å². The van der Waals surface area contributed by atoms with E-state index < -0.39 is 23.7 Å². The number of ether oxygens (including phenoxy) is 1. The first-order valence-corrected chi connectivity index (χ1v) is 5.31. The summed E-state index contributed by atoms with van der Waals surface area (Å²) in [5.74, 6) is -2.64. The summed E-state index contributed by atoms with van der Waals surface area (Å²) in [5, 5.41) is 4.02. The van der Waals surface area contributed by atoms with Gasteiger partial charge in [0, 0.05) is 12.7 Å². The standard InChI is InChI=1S/C11H12FN3O3/c1-7(12)10(16)14-5-6-15-8(3-4-13-15)9(14)11(17)18-2/h3-4,9H,1,5-6H2,2H3. The number of hydrogen-bond acceptors (Lipinski definition) is 4. The Morgan fingerprint density at radius 2 is 2.28 bits per heavy atom. The minimum Gasteiger partial charge on any atom is -0.467 e. The molecule has 0 N–H and O–H groups in total. The molecule has 0 aromatic carbocycles. The number of aromatic nitrogens is 2. The molecule has 1 atom stereocenters. The number of carbonyl (C=O) groups excluding carboxylic acids is 2. The van der Waals surface area contributed by atoms with Crippen LogP contribution in [0.3, 0.4) is 0 Å². The van der Waals surface area contributed by atoms with Crippen LogP contribution in [0.4, 0.5) is 4.39 Å². The topological polar surface area (TPSA) is 64.4 Å². The van der Waals surface area contributed by atoms with Crippen LogP contribution in [0.25, 0.3) is 0 Å². The van der Waals surface area contributed by atoms with Gasteiger partial charge in [-0.1, -0.05) is 6.58 Å². The van der Waals surface area contributed by atoms with E-state index in [0.29, 0.717) is 12.2 Å². The quantitative estimate of drug-likeness (QED) is 0.566. The van der Waals surface area contributed by atoms with Crippen molar-refractivity contribution in [1.82, 2.24) is 14.7 Å². The highest BCUT2D eigenvalue weighted by atomic mass is 19.1. The Balaban J connectivity index is 2.40. The fourth-order valence-electron chi connectivity index (χ4n) is 1.99. The maximum atomic E-state index is 13.0. The molecule has 0 saturated carbocycles. The van der Waals surface area contributed by atoms with Gasteiger partial charge in [0.1, 0.15) is 0 Å². The Morgan fingerprint density at radius 1 is 1.56 bits per heavy atom. The largest absolute Gasteiger partial charge is 0.467 e. The van der Waals surface area contributed by atoms with Crippen LogP contribution in [0, 0.1) is 0 Å². The number of rotatable bonds is 2. The lowest BCUT2D eigenvalue weighted by atomic mass is 10.1. The van der Waals surface area contributed by atoms with Crippen LogP contribution in [0.15, 0.2) is 24.7 Å². The molecule has 6 nitrogen and oxygen atoms in total. The third-order valence-corrected chi connectivity index (χ3v) is 2.81. The molecule has 0 fully saturated rings. The minimum atomic E-state index is -1.10. The van der Waals surface area contributed by atoms with E-state index in [2.05, 4.69) is 16.4 Å². The predicted octanol–water partition coefficient (Wildman–Crippen LogP) is 0.423. The molecule has 0 saturated heterocycles. The van der Waals surface area contributed by atoms with Gasteiger partial charge < -0.3 is 9.64 Å².